The fourth-order valence-electron chi connectivity index (χ4n) is 2.23. The lowest BCUT2D eigenvalue weighted by Crippen LogP contribution is -2.06. The standard InChI is InChI=1S/C20H34O4/c1-2-3-4-5-6-9-13-18(21)14-10-7-8-11-15-19(22)16-12-17-20(23)24/h6-10,14,18-19,21-22H,2-5,11-13,15-17H2,1H3,(H,23,24)/b8-7+,9-6-,14-10+/t18-,19+/m0/s1. The van der Waals surface area contributed by atoms with Crippen molar-refractivity contribution in [3.05, 3.63) is 36.5 Å². The number of aliphatic hydroxyl groups excluding tert-OH is 2. The third-order valence-corrected chi connectivity index (χ3v) is 3.69. The number of rotatable bonds is 15. The predicted molar refractivity (Wildman–Crippen MR) is 98.9 cm³/mol. The number of aliphatic carboxylic acids is 1. The van der Waals surface area contributed by atoms with E-state index in [0.29, 0.717) is 25.7 Å². The van der Waals surface area contributed by atoms with Gasteiger partial charge in [-0.05, 0) is 44.9 Å². The first-order valence-corrected chi connectivity index (χ1v) is 9.12. The number of carboxylic acids is 1. The van der Waals surface area contributed by atoms with E-state index >= 15 is 0 Å². The van der Waals surface area contributed by atoms with Gasteiger partial charge in [-0.3, -0.25) is 4.79 Å². The third-order valence-electron chi connectivity index (χ3n) is 3.69. The van der Waals surface area contributed by atoms with E-state index in [4.69, 9.17) is 5.11 Å². The maximum Gasteiger partial charge on any atom is 0.303 e. The highest BCUT2D eigenvalue weighted by Gasteiger charge is 2.04. The fourth-order valence-corrected chi connectivity index (χ4v) is 2.23. The van der Waals surface area contributed by atoms with Gasteiger partial charge in [0.05, 0.1) is 12.2 Å². The Hall–Kier alpha value is -1.39. The van der Waals surface area contributed by atoms with Gasteiger partial charge in [-0.1, -0.05) is 56.2 Å². The third kappa shape index (κ3) is 17.0. The highest BCUT2D eigenvalue weighted by atomic mass is 16.4. The van der Waals surface area contributed by atoms with Crippen LogP contribution in [0.15, 0.2) is 36.5 Å². The van der Waals surface area contributed by atoms with Crippen LogP contribution in [0.5, 0.6) is 0 Å². The molecule has 2 atom stereocenters. The van der Waals surface area contributed by atoms with Gasteiger partial charge in [0.25, 0.3) is 0 Å². The monoisotopic (exact) mass is 338 g/mol. The maximum atomic E-state index is 10.4. The lowest BCUT2D eigenvalue weighted by atomic mass is 10.1. The van der Waals surface area contributed by atoms with Gasteiger partial charge in [0.2, 0.25) is 0 Å². The predicted octanol–water partition coefficient (Wildman–Crippen LogP) is 4.38. The molecular formula is C20H34O4. The topological polar surface area (TPSA) is 77.8 Å². The zero-order valence-corrected chi connectivity index (χ0v) is 14.9. The summed E-state index contributed by atoms with van der Waals surface area (Å²) in [6.07, 6.45) is 18.6. The smallest absolute Gasteiger partial charge is 0.303 e. The van der Waals surface area contributed by atoms with Crippen molar-refractivity contribution in [1.29, 1.82) is 0 Å². The van der Waals surface area contributed by atoms with Crippen LogP contribution < -0.4 is 0 Å². The normalized spacial score (nSPS) is 14.8. The molecule has 0 aliphatic carbocycles. The molecule has 3 N–H and O–H groups in total. The molecule has 0 aromatic carbocycles. The Bertz CT molecular complexity index is 385. The zero-order valence-electron chi connectivity index (χ0n) is 14.9. The maximum absolute atomic E-state index is 10.4. The summed E-state index contributed by atoms with van der Waals surface area (Å²) >= 11 is 0. The summed E-state index contributed by atoms with van der Waals surface area (Å²) in [4.78, 5) is 10.4. The van der Waals surface area contributed by atoms with E-state index in [2.05, 4.69) is 13.0 Å². The van der Waals surface area contributed by atoms with Crippen molar-refractivity contribution in [2.45, 2.75) is 83.3 Å². The largest absolute Gasteiger partial charge is 0.481 e. The molecule has 4 heteroatoms. The SMILES string of the molecule is CCCCC/C=C\C[C@H](O)/C=C/C=C/CC[C@@H](O)CCCC(=O)O. The van der Waals surface area contributed by atoms with E-state index in [1.54, 1.807) is 6.08 Å². The van der Waals surface area contributed by atoms with Gasteiger partial charge in [0.1, 0.15) is 0 Å². The van der Waals surface area contributed by atoms with Crippen molar-refractivity contribution >= 4 is 5.97 Å². The van der Waals surface area contributed by atoms with Crippen LogP contribution >= 0.6 is 0 Å². The van der Waals surface area contributed by atoms with Crippen molar-refractivity contribution in [1.82, 2.24) is 0 Å². The van der Waals surface area contributed by atoms with Crippen LogP contribution in [-0.4, -0.2) is 33.5 Å². The van der Waals surface area contributed by atoms with Gasteiger partial charge < -0.3 is 15.3 Å². The summed E-state index contributed by atoms with van der Waals surface area (Å²) in [7, 11) is 0. The van der Waals surface area contributed by atoms with Crippen molar-refractivity contribution in [2.75, 3.05) is 0 Å². The van der Waals surface area contributed by atoms with E-state index in [0.717, 1.165) is 12.8 Å². The van der Waals surface area contributed by atoms with Crippen LogP contribution in [0.4, 0.5) is 0 Å². The average molecular weight is 338 g/mol. The van der Waals surface area contributed by atoms with E-state index in [1.807, 2.05) is 24.3 Å². The van der Waals surface area contributed by atoms with Crippen LogP contribution in [0.25, 0.3) is 0 Å². The number of hydrogen-bond donors (Lipinski definition) is 3. The molecular weight excluding hydrogens is 304 g/mol. The highest BCUT2D eigenvalue weighted by molar-refractivity contribution is 5.66. The van der Waals surface area contributed by atoms with Gasteiger partial charge in [-0.2, -0.15) is 0 Å². The molecule has 0 aliphatic heterocycles. The second-order valence-corrected chi connectivity index (χ2v) is 6.10. The van der Waals surface area contributed by atoms with E-state index in [-0.39, 0.29) is 6.42 Å². The second-order valence-electron chi connectivity index (χ2n) is 6.10. The van der Waals surface area contributed by atoms with Gasteiger partial charge in [0.15, 0.2) is 0 Å². The Balaban J connectivity index is 3.66. The minimum Gasteiger partial charge on any atom is -0.481 e. The first-order chi connectivity index (χ1) is 11.6. The molecule has 0 radical (unpaired) electrons. The number of allylic oxidation sites excluding steroid dienone is 4. The average Bonchev–Trinajstić information content (AvgIpc) is 2.53. The van der Waals surface area contributed by atoms with E-state index < -0.39 is 18.2 Å². The lowest BCUT2D eigenvalue weighted by Gasteiger charge is -2.07. The van der Waals surface area contributed by atoms with Crippen molar-refractivity contribution in [2.24, 2.45) is 0 Å². The van der Waals surface area contributed by atoms with Crippen LogP contribution in [-0.2, 0) is 4.79 Å². The van der Waals surface area contributed by atoms with Crippen molar-refractivity contribution < 1.29 is 20.1 Å². The minimum atomic E-state index is -0.818. The van der Waals surface area contributed by atoms with Crippen molar-refractivity contribution in [3.63, 3.8) is 0 Å². The summed E-state index contributed by atoms with van der Waals surface area (Å²) < 4.78 is 0. The first kappa shape index (κ1) is 22.6. The Morgan fingerprint density at radius 1 is 0.958 bits per heavy atom. The number of carboxylic acid groups (broad SMARTS) is 1. The summed E-state index contributed by atoms with van der Waals surface area (Å²) in [5.74, 6) is -0.818. The lowest BCUT2D eigenvalue weighted by molar-refractivity contribution is -0.137. The molecule has 0 heterocycles. The molecule has 0 saturated heterocycles. The van der Waals surface area contributed by atoms with Gasteiger partial charge in [0, 0.05) is 6.42 Å². The summed E-state index contributed by atoms with van der Waals surface area (Å²) in [5.41, 5.74) is 0. The molecule has 0 amide bonds. The molecule has 0 fully saturated rings. The molecule has 0 unspecified atom stereocenters. The van der Waals surface area contributed by atoms with Crippen LogP contribution in [0.1, 0.15) is 71.1 Å². The molecule has 0 saturated carbocycles. The molecule has 24 heavy (non-hydrogen) atoms. The number of hydrogen-bond acceptors (Lipinski definition) is 3. The Morgan fingerprint density at radius 3 is 2.46 bits per heavy atom. The summed E-state index contributed by atoms with van der Waals surface area (Å²) in [6.45, 7) is 2.19. The quantitative estimate of drug-likeness (QED) is 0.235. The Kier molecular flexibility index (Phi) is 15.5. The van der Waals surface area contributed by atoms with Gasteiger partial charge in [-0.25, -0.2) is 0 Å². The first-order valence-electron chi connectivity index (χ1n) is 9.12. The molecule has 0 aromatic heterocycles. The molecule has 0 rings (SSSR count). The van der Waals surface area contributed by atoms with Crippen LogP contribution in [0.3, 0.4) is 0 Å². The molecule has 0 aromatic rings. The van der Waals surface area contributed by atoms with Gasteiger partial charge in [-0.15, -0.1) is 0 Å². The molecule has 0 spiro atoms. The second kappa shape index (κ2) is 16.5. The fraction of sp³-hybridized carbons (Fsp3) is 0.650. The van der Waals surface area contributed by atoms with Crippen LogP contribution in [0, 0.1) is 0 Å². The number of aliphatic hydroxyl groups is 2. The van der Waals surface area contributed by atoms with Gasteiger partial charge >= 0.3 is 5.97 Å². The Morgan fingerprint density at radius 2 is 1.75 bits per heavy atom. The molecule has 138 valence electrons. The zero-order chi connectivity index (χ0) is 18.0. The number of unbranched alkanes of at least 4 members (excludes halogenated alkanes) is 3. The molecule has 0 bridgehead atoms. The highest BCUT2D eigenvalue weighted by Crippen LogP contribution is 2.07. The number of carbonyl (C=O) groups is 1. The minimum absolute atomic E-state index is 0.112. The van der Waals surface area contributed by atoms with Crippen molar-refractivity contribution in [3.8, 4) is 0 Å². The Labute approximate surface area is 146 Å². The summed E-state index contributed by atoms with van der Waals surface area (Å²) in [5, 5.41) is 28.0. The molecule has 0 aliphatic rings. The van der Waals surface area contributed by atoms with Crippen LogP contribution in [0.2, 0.25) is 0 Å². The van der Waals surface area contributed by atoms with E-state index in [1.165, 1.54) is 19.3 Å². The summed E-state index contributed by atoms with van der Waals surface area (Å²) in [6, 6.07) is 0. The van der Waals surface area contributed by atoms with E-state index in [9.17, 15) is 15.0 Å². The molecule has 4 nitrogen and oxygen atoms in total.